The summed E-state index contributed by atoms with van der Waals surface area (Å²) in [4.78, 5) is 68.0. The summed E-state index contributed by atoms with van der Waals surface area (Å²) in [6, 6.07) is 0.321. The van der Waals surface area contributed by atoms with E-state index in [2.05, 4.69) is 25.9 Å². The molecule has 2 aromatic rings. The van der Waals surface area contributed by atoms with Crippen molar-refractivity contribution >= 4 is 29.6 Å². The van der Waals surface area contributed by atoms with Gasteiger partial charge >= 0.3 is 5.97 Å². The highest BCUT2D eigenvalue weighted by Gasteiger charge is 2.32. The molecule has 5 unspecified atom stereocenters. The number of amides is 4. The molecule has 15 nitrogen and oxygen atoms in total. The summed E-state index contributed by atoms with van der Waals surface area (Å²) < 4.78 is 0. The molecule has 39 heavy (non-hydrogen) atoms. The van der Waals surface area contributed by atoms with Gasteiger partial charge in [0.15, 0.2) is 0 Å². The fraction of sp³-hybridized carbons (Fsp3) is 0.417. The van der Waals surface area contributed by atoms with Gasteiger partial charge in [-0.15, -0.1) is 0 Å². The van der Waals surface area contributed by atoms with Crippen molar-refractivity contribution in [3.05, 3.63) is 48.0 Å². The molecular weight excluding hydrogens is 514 g/mol. The summed E-state index contributed by atoms with van der Waals surface area (Å²) in [5.74, 6) is -4.65. The van der Waals surface area contributed by atoms with Gasteiger partial charge in [-0.1, -0.05) is 12.1 Å². The van der Waals surface area contributed by atoms with Crippen molar-refractivity contribution in [2.75, 3.05) is 0 Å². The number of aliphatic hydroxyl groups excluding tert-OH is 1. The van der Waals surface area contributed by atoms with Gasteiger partial charge in [0.25, 0.3) is 0 Å². The number of H-pyrrole nitrogens is 1. The first kappa shape index (κ1) is 30.7. The van der Waals surface area contributed by atoms with Crippen LogP contribution in [0, 0.1) is 0 Å². The maximum Gasteiger partial charge on any atom is 0.326 e. The summed E-state index contributed by atoms with van der Waals surface area (Å²) >= 11 is 0. The van der Waals surface area contributed by atoms with E-state index in [0.29, 0.717) is 11.3 Å². The van der Waals surface area contributed by atoms with E-state index in [9.17, 15) is 39.3 Å². The smallest absolute Gasteiger partial charge is 0.326 e. The number of primary amides is 1. The zero-order valence-corrected chi connectivity index (χ0v) is 21.2. The van der Waals surface area contributed by atoms with Crippen LogP contribution in [0.15, 0.2) is 36.8 Å². The number of aliphatic hydroxyl groups is 1. The minimum atomic E-state index is -1.53. The van der Waals surface area contributed by atoms with Gasteiger partial charge in [0.2, 0.25) is 23.6 Å². The monoisotopic (exact) mass is 547 g/mol. The van der Waals surface area contributed by atoms with Crippen molar-refractivity contribution in [2.45, 2.75) is 62.9 Å². The van der Waals surface area contributed by atoms with E-state index in [0.717, 1.165) is 0 Å². The average Bonchev–Trinajstić information content (AvgIpc) is 3.38. The highest BCUT2D eigenvalue weighted by atomic mass is 16.4. The molecule has 0 aliphatic rings. The summed E-state index contributed by atoms with van der Waals surface area (Å²) in [5, 5.41) is 36.4. The van der Waals surface area contributed by atoms with Crippen LogP contribution in [-0.2, 0) is 36.8 Å². The first-order valence-electron chi connectivity index (χ1n) is 12.0. The highest BCUT2D eigenvalue weighted by Crippen LogP contribution is 2.12. The molecule has 0 aliphatic carbocycles. The Morgan fingerprint density at radius 2 is 1.62 bits per heavy atom. The lowest BCUT2D eigenvalue weighted by molar-refractivity contribution is -0.142. The summed E-state index contributed by atoms with van der Waals surface area (Å²) in [6.45, 7) is 1.24. The van der Waals surface area contributed by atoms with Crippen molar-refractivity contribution in [1.82, 2.24) is 25.9 Å². The quantitative estimate of drug-likeness (QED) is 0.112. The third-order valence-electron chi connectivity index (χ3n) is 5.70. The van der Waals surface area contributed by atoms with Crippen LogP contribution in [0.5, 0.6) is 5.75 Å². The molecule has 0 radical (unpaired) electrons. The van der Waals surface area contributed by atoms with Crippen molar-refractivity contribution in [2.24, 2.45) is 11.5 Å². The van der Waals surface area contributed by atoms with Gasteiger partial charge in [0, 0.05) is 31.2 Å². The van der Waals surface area contributed by atoms with E-state index in [1.165, 1.54) is 43.7 Å². The second-order valence-corrected chi connectivity index (χ2v) is 8.95. The Hall–Kier alpha value is -4.50. The number of phenols is 1. The molecule has 1 heterocycles. The van der Waals surface area contributed by atoms with Gasteiger partial charge in [-0.2, -0.15) is 0 Å². The van der Waals surface area contributed by atoms with Crippen LogP contribution >= 0.6 is 0 Å². The number of hydrogen-bond acceptors (Lipinski definition) is 9. The molecular formula is C24H33N7O8. The molecule has 2 rings (SSSR count). The number of carbonyl (C=O) groups excluding carboxylic acids is 4. The number of rotatable bonds is 15. The van der Waals surface area contributed by atoms with Crippen LogP contribution in [0.4, 0.5) is 0 Å². The van der Waals surface area contributed by atoms with Crippen molar-refractivity contribution in [3.63, 3.8) is 0 Å². The molecule has 212 valence electrons. The number of aromatic nitrogens is 2. The molecule has 11 N–H and O–H groups in total. The lowest BCUT2D eigenvalue weighted by Gasteiger charge is -2.26. The number of phenolic OH excluding ortho intramolecular Hbond substituents is 1. The number of imidazole rings is 1. The Labute approximate surface area is 223 Å². The molecule has 1 aromatic heterocycles. The van der Waals surface area contributed by atoms with E-state index in [-0.39, 0.29) is 31.4 Å². The average molecular weight is 548 g/mol. The number of carbonyl (C=O) groups is 5. The fourth-order valence-electron chi connectivity index (χ4n) is 3.52. The molecule has 0 aliphatic heterocycles. The lowest BCUT2D eigenvalue weighted by Crippen LogP contribution is -2.60. The lowest BCUT2D eigenvalue weighted by atomic mass is 10.0. The minimum Gasteiger partial charge on any atom is -0.508 e. The van der Waals surface area contributed by atoms with E-state index in [1.807, 2.05) is 0 Å². The molecule has 4 amide bonds. The van der Waals surface area contributed by atoms with Crippen molar-refractivity contribution in [3.8, 4) is 5.75 Å². The van der Waals surface area contributed by atoms with Crippen LogP contribution in [0.2, 0.25) is 0 Å². The number of nitrogens with zero attached hydrogens (tertiary/aromatic N) is 1. The third-order valence-corrected chi connectivity index (χ3v) is 5.70. The number of benzene rings is 1. The number of nitrogens with two attached hydrogens (primary N) is 2. The Balaban J connectivity index is 2.21. The fourth-order valence-corrected chi connectivity index (χ4v) is 3.52. The van der Waals surface area contributed by atoms with Gasteiger partial charge in [-0.05, 0) is 31.0 Å². The molecule has 0 bridgehead atoms. The molecule has 1 aromatic carbocycles. The molecule has 0 fully saturated rings. The number of nitrogens with one attached hydrogen (secondary N) is 4. The summed E-state index contributed by atoms with van der Waals surface area (Å²) in [5.41, 5.74) is 11.8. The van der Waals surface area contributed by atoms with E-state index in [1.54, 1.807) is 0 Å². The Morgan fingerprint density at radius 3 is 2.15 bits per heavy atom. The SMILES string of the molecule is CC(O)C(NC(=O)C(N)CCC(N)=O)C(=O)NC(Cc1ccc(O)cc1)C(=O)NC(Cc1cnc[nH]1)C(=O)O. The predicted molar refractivity (Wildman–Crippen MR) is 136 cm³/mol. The standard InChI is InChI=1S/C24H33N7O8/c1-12(32)20(31-21(35)16(25)6-7-19(26)34)23(37)29-17(8-13-2-4-15(33)5-3-13)22(36)30-18(24(38)39)9-14-10-27-11-28-14/h2-5,10-12,16-18,20,32-33H,6-9,25H2,1H3,(H2,26,34)(H,27,28)(H,29,37)(H,30,36)(H,31,35)(H,38,39). The van der Waals surface area contributed by atoms with Crippen molar-refractivity contribution in [1.29, 1.82) is 0 Å². The number of aromatic amines is 1. The van der Waals surface area contributed by atoms with Crippen molar-refractivity contribution < 1.29 is 39.3 Å². The molecule has 0 saturated heterocycles. The van der Waals surface area contributed by atoms with Crippen LogP contribution in [0.25, 0.3) is 0 Å². The largest absolute Gasteiger partial charge is 0.508 e. The second-order valence-electron chi connectivity index (χ2n) is 8.95. The normalized spacial score (nSPS) is 14.7. The van der Waals surface area contributed by atoms with E-state index >= 15 is 0 Å². The molecule has 0 spiro atoms. The number of aliphatic carboxylic acids is 1. The summed E-state index contributed by atoms with van der Waals surface area (Å²) in [6.07, 6.45) is 0.855. The van der Waals surface area contributed by atoms with Gasteiger partial charge in [-0.3, -0.25) is 19.2 Å². The van der Waals surface area contributed by atoms with Gasteiger partial charge < -0.3 is 47.7 Å². The van der Waals surface area contributed by atoms with E-state index < -0.39 is 59.9 Å². The number of carboxylic acids is 1. The van der Waals surface area contributed by atoms with E-state index in [4.69, 9.17) is 11.5 Å². The third kappa shape index (κ3) is 10.1. The Kier molecular flexibility index (Phi) is 11.4. The molecule has 5 atom stereocenters. The molecule has 0 saturated carbocycles. The molecule has 15 heteroatoms. The summed E-state index contributed by atoms with van der Waals surface area (Å²) in [7, 11) is 0. The van der Waals surface area contributed by atoms with Crippen LogP contribution in [-0.4, -0.2) is 85.2 Å². The van der Waals surface area contributed by atoms with Gasteiger partial charge in [0.1, 0.15) is 23.9 Å². The first-order chi connectivity index (χ1) is 18.4. The number of hydrogen-bond donors (Lipinski definition) is 9. The minimum absolute atomic E-state index is 0.0289. The Morgan fingerprint density at radius 1 is 0.974 bits per heavy atom. The maximum absolute atomic E-state index is 13.2. The second kappa shape index (κ2) is 14.4. The van der Waals surface area contributed by atoms with Crippen LogP contribution in [0.1, 0.15) is 31.0 Å². The highest BCUT2D eigenvalue weighted by molar-refractivity contribution is 5.94. The van der Waals surface area contributed by atoms with Crippen LogP contribution < -0.4 is 27.4 Å². The predicted octanol–water partition coefficient (Wildman–Crippen LogP) is -2.59. The maximum atomic E-state index is 13.2. The first-order valence-corrected chi connectivity index (χ1v) is 12.0. The van der Waals surface area contributed by atoms with Crippen LogP contribution in [0.3, 0.4) is 0 Å². The van der Waals surface area contributed by atoms with Gasteiger partial charge in [0.05, 0.1) is 18.5 Å². The topological polar surface area (TPSA) is 263 Å². The Bertz CT molecular complexity index is 1140. The number of carboxylic acid groups (broad SMARTS) is 1. The number of aromatic hydroxyl groups is 1. The zero-order valence-electron chi connectivity index (χ0n) is 21.2. The zero-order chi connectivity index (χ0) is 29.1. The van der Waals surface area contributed by atoms with Gasteiger partial charge in [-0.25, -0.2) is 9.78 Å².